The number of alkyl halides is 3. The molecule has 2 heterocycles. The molecule has 5 rings (SSSR count). The van der Waals surface area contributed by atoms with Crippen LogP contribution >= 0.6 is 0 Å². The molecule has 1 amide bonds. The normalized spacial score (nSPS) is 20.2. The second kappa shape index (κ2) is 10.1. The molecule has 2 aliphatic carbocycles. The van der Waals surface area contributed by atoms with Crippen LogP contribution in [0.3, 0.4) is 0 Å². The zero-order valence-corrected chi connectivity index (χ0v) is 21.1. The number of nitrogens with one attached hydrogen (secondary N) is 4. The second-order valence-corrected chi connectivity index (χ2v) is 9.81. The Morgan fingerprint density at radius 3 is 2.52 bits per heavy atom. The van der Waals surface area contributed by atoms with Crippen molar-refractivity contribution >= 4 is 35.3 Å². The smallest absolute Gasteiger partial charge is 0.402 e. The molecular weight excluding hydrogens is 523 g/mol. The van der Waals surface area contributed by atoms with Gasteiger partial charge in [0.2, 0.25) is 0 Å². The van der Waals surface area contributed by atoms with E-state index in [1.165, 1.54) is 36.8 Å². The molecule has 0 radical (unpaired) electrons. The Bertz CT molecular complexity index is 1530. The van der Waals surface area contributed by atoms with Gasteiger partial charge in [0.25, 0.3) is 5.91 Å². The van der Waals surface area contributed by atoms with E-state index in [2.05, 4.69) is 25.6 Å². The van der Waals surface area contributed by atoms with Gasteiger partial charge in [-0.05, 0) is 55.5 Å². The number of pyridine rings is 1. The third-order valence-corrected chi connectivity index (χ3v) is 7.37. The summed E-state index contributed by atoms with van der Waals surface area (Å²) < 4.78 is 38.9. The Labute approximate surface area is 227 Å². The van der Waals surface area contributed by atoms with E-state index >= 15 is 0 Å². The summed E-state index contributed by atoms with van der Waals surface area (Å²) in [4.78, 5) is 24.8. The number of anilines is 3. The van der Waals surface area contributed by atoms with Gasteiger partial charge in [-0.3, -0.25) is 10.2 Å². The van der Waals surface area contributed by atoms with E-state index in [0.29, 0.717) is 16.9 Å². The van der Waals surface area contributed by atoms with E-state index in [-0.39, 0.29) is 34.4 Å². The predicted molar refractivity (Wildman–Crippen MR) is 144 cm³/mol. The van der Waals surface area contributed by atoms with Crippen molar-refractivity contribution < 1.29 is 18.0 Å². The maximum Gasteiger partial charge on any atom is 0.416 e. The Morgan fingerprint density at radius 2 is 1.82 bits per heavy atom. The summed E-state index contributed by atoms with van der Waals surface area (Å²) in [5, 5.41) is 22.4. The van der Waals surface area contributed by atoms with E-state index < -0.39 is 17.6 Å². The van der Waals surface area contributed by atoms with Crippen molar-refractivity contribution in [2.45, 2.75) is 37.9 Å². The quantitative estimate of drug-likeness (QED) is 0.237. The molecule has 10 nitrogen and oxygen atoms in total. The van der Waals surface area contributed by atoms with Crippen LogP contribution in [0.25, 0.3) is 0 Å². The van der Waals surface area contributed by atoms with Crippen LogP contribution in [0, 0.1) is 16.2 Å². The average molecular weight is 550 g/mol. The van der Waals surface area contributed by atoms with Crippen LogP contribution in [0.2, 0.25) is 0 Å². The lowest BCUT2D eigenvalue weighted by molar-refractivity contribution is -0.137. The molecule has 2 aliphatic rings. The Kier molecular flexibility index (Phi) is 6.74. The maximum atomic E-state index is 13.0. The summed E-state index contributed by atoms with van der Waals surface area (Å²) in [6.45, 7) is 0. The van der Waals surface area contributed by atoms with Gasteiger partial charge in [-0.2, -0.15) is 13.2 Å². The SMILES string of the molecule is N=CC1=C(N)CCCC12C[C@@H]2Nc1ncnc(N)c1C(=N)c1ccc(C(=O)Nc2cc(C(F)(F)F)ccn2)cc1. The first-order valence-corrected chi connectivity index (χ1v) is 12.4. The first kappa shape index (κ1) is 26.8. The van der Waals surface area contributed by atoms with Crippen molar-refractivity contribution in [1.29, 1.82) is 10.8 Å². The first-order valence-electron chi connectivity index (χ1n) is 12.4. The zero-order chi connectivity index (χ0) is 28.7. The monoisotopic (exact) mass is 549 g/mol. The number of hydrogen-bond donors (Lipinski definition) is 6. The van der Waals surface area contributed by atoms with E-state index in [1.54, 1.807) is 0 Å². The van der Waals surface area contributed by atoms with Crippen molar-refractivity contribution in [3.8, 4) is 0 Å². The molecule has 1 spiro atoms. The number of carbonyl (C=O) groups is 1. The van der Waals surface area contributed by atoms with E-state index in [1.807, 2.05) is 0 Å². The lowest BCUT2D eigenvalue weighted by atomic mass is 9.82. The molecule has 1 saturated carbocycles. The van der Waals surface area contributed by atoms with Gasteiger partial charge in [0, 0.05) is 40.7 Å². The minimum absolute atomic E-state index is 0.0211. The summed E-state index contributed by atoms with van der Waals surface area (Å²) in [6, 6.07) is 7.49. The number of halogens is 3. The van der Waals surface area contributed by atoms with Crippen LogP contribution < -0.4 is 22.1 Å². The van der Waals surface area contributed by atoms with Crippen molar-refractivity contribution in [1.82, 2.24) is 15.0 Å². The molecule has 0 saturated heterocycles. The van der Waals surface area contributed by atoms with Crippen LogP contribution in [0.5, 0.6) is 0 Å². The number of amides is 1. The third kappa shape index (κ3) is 4.97. The number of allylic oxidation sites excluding steroid dienone is 1. The Hall–Kier alpha value is -4.81. The van der Waals surface area contributed by atoms with Crippen LogP contribution in [0.4, 0.5) is 30.6 Å². The first-order chi connectivity index (χ1) is 19.0. The van der Waals surface area contributed by atoms with E-state index in [9.17, 15) is 18.0 Å². The second-order valence-electron chi connectivity index (χ2n) is 9.81. The number of hydrogen-bond acceptors (Lipinski definition) is 9. The number of nitrogens with zero attached hydrogens (tertiary/aromatic N) is 3. The highest BCUT2D eigenvalue weighted by Crippen LogP contribution is 2.59. The van der Waals surface area contributed by atoms with Crippen LogP contribution in [0.1, 0.15) is 52.7 Å². The fraction of sp³-hybridized carbons (Fsp3) is 0.259. The summed E-state index contributed by atoms with van der Waals surface area (Å²) in [5.41, 5.74) is 13.6. The molecule has 2 aromatic heterocycles. The fourth-order valence-corrected chi connectivity index (χ4v) is 5.20. The number of nitrogens with two attached hydrogens (primary N) is 2. The largest absolute Gasteiger partial charge is 0.416 e. The van der Waals surface area contributed by atoms with Crippen LogP contribution in [0.15, 0.2) is 60.2 Å². The summed E-state index contributed by atoms with van der Waals surface area (Å²) >= 11 is 0. The number of aromatic nitrogens is 3. The molecule has 3 aromatic rings. The van der Waals surface area contributed by atoms with Crippen molar-refractivity contribution in [2.24, 2.45) is 11.1 Å². The van der Waals surface area contributed by atoms with Crippen molar-refractivity contribution in [3.63, 3.8) is 0 Å². The molecule has 8 N–H and O–H groups in total. The maximum absolute atomic E-state index is 13.0. The standard InChI is InChI=1S/C27H26F3N9O/c28-27(29,30)16-7-9-35-20(10-16)39-25(40)15-5-3-14(4-6-15)22(33)21-23(34)36-13-37-24(21)38-19-11-26(19)8-1-2-18(32)17(26)12-31/h3-7,9-10,12-13,19,31,33H,1-2,8,11,32H2,(H,35,39,40)(H3,34,36,37,38)/t19-,26?/m0/s1. The van der Waals surface area contributed by atoms with E-state index in [0.717, 1.165) is 55.3 Å². The third-order valence-electron chi connectivity index (χ3n) is 7.37. The molecule has 206 valence electrons. The molecule has 40 heavy (non-hydrogen) atoms. The van der Waals surface area contributed by atoms with Gasteiger partial charge in [0.1, 0.15) is 23.8 Å². The summed E-state index contributed by atoms with van der Waals surface area (Å²) in [6.07, 6.45) is 2.40. The van der Waals surface area contributed by atoms with Crippen LogP contribution in [-0.2, 0) is 6.18 Å². The Balaban J connectivity index is 1.33. The van der Waals surface area contributed by atoms with Crippen molar-refractivity contribution in [2.75, 3.05) is 16.4 Å². The van der Waals surface area contributed by atoms with Gasteiger partial charge in [-0.1, -0.05) is 12.1 Å². The van der Waals surface area contributed by atoms with Gasteiger partial charge < -0.3 is 27.5 Å². The molecule has 0 bridgehead atoms. The van der Waals surface area contributed by atoms with Gasteiger partial charge in [-0.25, -0.2) is 15.0 Å². The number of carbonyl (C=O) groups excluding carboxylic acids is 1. The zero-order valence-electron chi connectivity index (χ0n) is 21.1. The number of benzene rings is 1. The van der Waals surface area contributed by atoms with Crippen LogP contribution in [-0.4, -0.2) is 38.8 Å². The highest BCUT2D eigenvalue weighted by atomic mass is 19.4. The number of nitrogen functional groups attached to an aromatic ring is 1. The molecule has 13 heteroatoms. The van der Waals surface area contributed by atoms with Gasteiger partial charge in [0.05, 0.1) is 16.8 Å². The molecule has 1 aromatic carbocycles. The average Bonchev–Trinajstić information content (AvgIpc) is 3.59. The lowest BCUT2D eigenvalue weighted by Crippen LogP contribution is -2.25. The summed E-state index contributed by atoms with van der Waals surface area (Å²) in [7, 11) is 0. The molecule has 2 atom stereocenters. The minimum atomic E-state index is -4.57. The highest BCUT2D eigenvalue weighted by molar-refractivity contribution is 6.16. The molecule has 1 fully saturated rings. The van der Waals surface area contributed by atoms with E-state index in [4.69, 9.17) is 22.3 Å². The topological polar surface area (TPSA) is 180 Å². The molecular formula is C27H26F3N9O. The fourth-order valence-electron chi connectivity index (χ4n) is 5.20. The predicted octanol–water partition coefficient (Wildman–Crippen LogP) is 4.36. The summed E-state index contributed by atoms with van der Waals surface area (Å²) in [5.74, 6) is -0.415. The molecule has 0 aliphatic heterocycles. The number of rotatable bonds is 7. The van der Waals surface area contributed by atoms with Gasteiger partial charge in [-0.15, -0.1) is 0 Å². The lowest BCUT2D eigenvalue weighted by Gasteiger charge is -2.26. The molecule has 1 unspecified atom stereocenters. The minimum Gasteiger partial charge on any atom is -0.402 e. The highest BCUT2D eigenvalue weighted by Gasteiger charge is 2.57. The van der Waals surface area contributed by atoms with Gasteiger partial charge >= 0.3 is 6.18 Å². The van der Waals surface area contributed by atoms with Crippen molar-refractivity contribution in [3.05, 3.63) is 82.4 Å². The Morgan fingerprint density at radius 1 is 1.10 bits per heavy atom. The van der Waals surface area contributed by atoms with Gasteiger partial charge in [0.15, 0.2) is 0 Å².